The molecule has 1 aliphatic carbocycles. The average Bonchev–Trinajstić information content (AvgIpc) is 2.84. The molecule has 1 rings (SSSR count). The molecule has 0 bridgehead atoms. The molecule has 1 saturated carbocycles. The van der Waals surface area contributed by atoms with Crippen molar-refractivity contribution in [3.05, 3.63) is 12.2 Å². The van der Waals surface area contributed by atoms with Crippen molar-refractivity contribution in [1.29, 1.82) is 0 Å². The van der Waals surface area contributed by atoms with E-state index >= 15 is 0 Å². The summed E-state index contributed by atoms with van der Waals surface area (Å²) in [6, 6.07) is 0.116. The molecule has 0 aromatic carbocycles. The number of nitrogens with one attached hydrogen (secondary N) is 3. The highest BCUT2D eigenvalue weighted by atomic mass is 16.6. The first-order chi connectivity index (χ1) is 18.7. The van der Waals surface area contributed by atoms with Crippen LogP contribution in [0.1, 0.15) is 99.3 Å². The fourth-order valence-electron chi connectivity index (χ4n) is 5.54. The molecule has 1 fully saturated rings. The van der Waals surface area contributed by atoms with Crippen LogP contribution in [0.4, 0.5) is 9.59 Å². The van der Waals surface area contributed by atoms with Crippen molar-refractivity contribution in [2.75, 3.05) is 32.9 Å². The summed E-state index contributed by atoms with van der Waals surface area (Å²) in [5.74, 6) is 0.0164. The van der Waals surface area contributed by atoms with E-state index in [1.807, 2.05) is 6.92 Å². The lowest BCUT2D eigenvalue weighted by Gasteiger charge is -2.46. The van der Waals surface area contributed by atoms with Crippen molar-refractivity contribution in [2.24, 2.45) is 16.7 Å². The van der Waals surface area contributed by atoms with Gasteiger partial charge < -0.3 is 30.2 Å². The molecule has 40 heavy (non-hydrogen) atoms. The Hall–Kier alpha value is -2.78. The Morgan fingerprint density at radius 1 is 0.925 bits per heavy atom. The fourth-order valence-corrected chi connectivity index (χ4v) is 5.54. The first-order valence-electron chi connectivity index (χ1n) is 14.7. The number of ether oxygens (including phenoxy) is 3. The number of carbonyl (C=O) groups excluding carboxylic acids is 4. The smallest absolute Gasteiger partial charge is 0.407 e. The molecular weight excluding hydrogens is 514 g/mol. The van der Waals surface area contributed by atoms with E-state index < -0.39 is 18.2 Å². The molecule has 1 aliphatic rings. The van der Waals surface area contributed by atoms with Crippen molar-refractivity contribution < 1.29 is 33.4 Å². The number of amides is 3. The third kappa shape index (κ3) is 15.7. The van der Waals surface area contributed by atoms with Gasteiger partial charge in [0.25, 0.3) is 0 Å². The predicted octanol–water partition coefficient (Wildman–Crippen LogP) is 5.26. The van der Waals surface area contributed by atoms with Gasteiger partial charge in [0.15, 0.2) is 0 Å². The Morgan fingerprint density at radius 3 is 2.10 bits per heavy atom. The minimum absolute atomic E-state index is 0.0641. The second kappa shape index (κ2) is 17.8. The van der Waals surface area contributed by atoms with E-state index in [9.17, 15) is 19.2 Å². The van der Waals surface area contributed by atoms with Crippen molar-refractivity contribution in [1.82, 2.24) is 16.0 Å². The number of rotatable bonds is 17. The van der Waals surface area contributed by atoms with Crippen molar-refractivity contribution in [3.8, 4) is 0 Å². The summed E-state index contributed by atoms with van der Waals surface area (Å²) in [6.07, 6.45) is 6.45. The summed E-state index contributed by atoms with van der Waals surface area (Å²) < 4.78 is 15.4. The van der Waals surface area contributed by atoms with Gasteiger partial charge in [-0.2, -0.15) is 0 Å². The number of hydrogen-bond donors (Lipinski definition) is 3. The predicted molar refractivity (Wildman–Crippen MR) is 155 cm³/mol. The minimum atomic E-state index is -0.541. The quantitative estimate of drug-likeness (QED) is 0.0946. The minimum Gasteiger partial charge on any atom is -0.460 e. The van der Waals surface area contributed by atoms with Crippen LogP contribution in [-0.4, -0.2) is 63.0 Å². The maximum absolute atomic E-state index is 12.3. The Bertz CT molecular complexity index is 845. The highest BCUT2D eigenvalue weighted by Gasteiger charge is 2.41. The summed E-state index contributed by atoms with van der Waals surface area (Å²) in [5, 5.41) is 8.66. The highest BCUT2D eigenvalue weighted by molar-refractivity contribution is 5.86. The summed E-state index contributed by atoms with van der Waals surface area (Å²) in [7, 11) is 0. The van der Waals surface area contributed by atoms with Gasteiger partial charge in [-0.3, -0.25) is 4.79 Å². The Balaban J connectivity index is 2.17. The van der Waals surface area contributed by atoms with Crippen LogP contribution in [0.25, 0.3) is 0 Å². The van der Waals surface area contributed by atoms with E-state index in [-0.39, 0.29) is 35.9 Å². The van der Waals surface area contributed by atoms with Crippen LogP contribution in [0, 0.1) is 16.7 Å². The lowest BCUT2D eigenvalue weighted by molar-refractivity contribution is -0.138. The molecule has 0 aromatic heterocycles. The van der Waals surface area contributed by atoms with Gasteiger partial charge in [-0.25, -0.2) is 14.4 Å². The maximum Gasteiger partial charge on any atom is 0.407 e. The average molecular weight is 568 g/mol. The summed E-state index contributed by atoms with van der Waals surface area (Å²) >= 11 is 0. The van der Waals surface area contributed by atoms with Crippen molar-refractivity contribution in [3.63, 3.8) is 0 Å². The number of alkyl carbamates (subject to hydrolysis) is 2. The van der Waals surface area contributed by atoms with Crippen LogP contribution < -0.4 is 16.0 Å². The van der Waals surface area contributed by atoms with E-state index in [4.69, 9.17) is 14.2 Å². The van der Waals surface area contributed by atoms with Crippen molar-refractivity contribution >= 4 is 24.1 Å². The van der Waals surface area contributed by atoms with Gasteiger partial charge in [-0.1, -0.05) is 41.2 Å². The molecule has 0 heterocycles. The first-order valence-corrected chi connectivity index (χ1v) is 14.7. The fraction of sp³-hybridized carbons (Fsp3) is 0.800. The van der Waals surface area contributed by atoms with Crippen LogP contribution in [0.2, 0.25) is 0 Å². The second-order valence-corrected chi connectivity index (χ2v) is 12.4. The van der Waals surface area contributed by atoms with E-state index in [2.05, 4.69) is 50.2 Å². The number of esters is 1. The third-order valence-corrected chi connectivity index (χ3v) is 7.05. The molecule has 3 N–H and O–H groups in total. The van der Waals surface area contributed by atoms with E-state index in [0.717, 1.165) is 51.4 Å². The molecule has 3 unspecified atom stereocenters. The van der Waals surface area contributed by atoms with Gasteiger partial charge in [0.2, 0.25) is 5.91 Å². The molecule has 3 amide bonds. The van der Waals surface area contributed by atoms with Gasteiger partial charge >= 0.3 is 18.2 Å². The standard InChI is InChI=1S/C30H53N3O7/c1-8-11-25(34)33-24-18-29(5,6)20-30(7,19-24)21-32-28(37)40-16-10-13-23(4)12-9-15-39-27(36)31-14-17-38-26(35)22(2)3/h23-24H,2,8-21H2,1,3-7H3,(H,31,36)(H,32,37)(H,33,34). The maximum atomic E-state index is 12.3. The van der Waals surface area contributed by atoms with Crippen LogP contribution >= 0.6 is 0 Å². The highest BCUT2D eigenvalue weighted by Crippen LogP contribution is 2.45. The van der Waals surface area contributed by atoms with Crippen LogP contribution in [0.3, 0.4) is 0 Å². The topological polar surface area (TPSA) is 132 Å². The van der Waals surface area contributed by atoms with Crippen LogP contribution in [0.15, 0.2) is 12.2 Å². The molecule has 0 saturated heterocycles. The SMILES string of the molecule is C=C(C)C(=O)OCCNC(=O)OCCCC(C)CCCOC(=O)NCC1(C)CC(NC(=O)CCC)CC(C)(C)C1. The van der Waals surface area contributed by atoms with Crippen LogP contribution in [-0.2, 0) is 23.8 Å². The summed E-state index contributed by atoms with van der Waals surface area (Å²) in [5.41, 5.74) is 0.273. The first kappa shape index (κ1) is 35.2. The number of hydrogen-bond acceptors (Lipinski definition) is 7. The van der Waals surface area contributed by atoms with Gasteiger partial charge in [0, 0.05) is 24.6 Å². The second-order valence-electron chi connectivity index (χ2n) is 12.4. The van der Waals surface area contributed by atoms with Crippen molar-refractivity contribution in [2.45, 2.75) is 105 Å². The molecule has 0 aromatic rings. The zero-order valence-electron chi connectivity index (χ0n) is 25.6. The number of carbonyl (C=O) groups is 4. The van der Waals surface area contributed by atoms with Gasteiger partial charge in [-0.05, 0) is 75.0 Å². The lowest BCUT2D eigenvalue weighted by Crippen LogP contribution is -2.50. The van der Waals surface area contributed by atoms with Gasteiger partial charge in [0.05, 0.1) is 19.8 Å². The molecule has 3 atom stereocenters. The Morgan fingerprint density at radius 2 is 1.52 bits per heavy atom. The molecule has 0 spiro atoms. The molecular formula is C30H53N3O7. The third-order valence-electron chi connectivity index (χ3n) is 7.05. The monoisotopic (exact) mass is 567 g/mol. The summed E-state index contributed by atoms with van der Waals surface area (Å²) in [4.78, 5) is 47.4. The zero-order chi connectivity index (χ0) is 30.2. The summed E-state index contributed by atoms with van der Waals surface area (Å²) in [6.45, 7) is 17.2. The Kier molecular flexibility index (Phi) is 15.7. The van der Waals surface area contributed by atoms with Crippen LogP contribution in [0.5, 0.6) is 0 Å². The molecule has 10 nitrogen and oxygen atoms in total. The Labute approximate surface area is 240 Å². The lowest BCUT2D eigenvalue weighted by atomic mass is 9.62. The van der Waals surface area contributed by atoms with Gasteiger partial charge in [-0.15, -0.1) is 0 Å². The van der Waals surface area contributed by atoms with E-state index in [1.54, 1.807) is 6.92 Å². The normalized spacial score (nSPS) is 20.5. The largest absolute Gasteiger partial charge is 0.460 e. The zero-order valence-corrected chi connectivity index (χ0v) is 25.6. The molecule has 230 valence electrons. The molecule has 0 radical (unpaired) electrons. The molecule has 10 heteroatoms. The van der Waals surface area contributed by atoms with E-state index in [1.165, 1.54) is 0 Å². The molecule has 0 aliphatic heterocycles. The van der Waals surface area contributed by atoms with Gasteiger partial charge in [0.1, 0.15) is 6.61 Å². The van der Waals surface area contributed by atoms with E-state index in [0.29, 0.717) is 37.7 Å².